The Hall–Kier alpha value is -3.06. The fourth-order valence-corrected chi connectivity index (χ4v) is 7.29. The minimum absolute atomic E-state index is 0.316. The van der Waals surface area contributed by atoms with Crippen molar-refractivity contribution in [2.75, 3.05) is 12.4 Å². The lowest BCUT2D eigenvalue weighted by molar-refractivity contribution is 0.0601. The molecule has 6 nitrogen and oxygen atoms in total. The van der Waals surface area contributed by atoms with Gasteiger partial charge in [0.1, 0.15) is 11.5 Å². The van der Waals surface area contributed by atoms with Crippen LogP contribution in [0.15, 0.2) is 59.1 Å². The van der Waals surface area contributed by atoms with E-state index in [1.165, 1.54) is 20.0 Å². The molecule has 3 aromatic carbocycles. The molecule has 1 aromatic heterocycles. The molecule has 3 aliphatic rings. The first-order valence-corrected chi connectivity index (χ1v) is 14.8. The minimum atomic E-state index is -0.316. The third-order valence-electron chi connectivity index (χ3n) is 8.82. The Kier molecular flexibility index (Phi) is 6.73. The second-order valence-electron chi connectivity index (χ2n) is 11.4. The molecule has 0 amide bonds. The number of ether oxygens (including phenoxy) is 1. The van der Waals surface area contributed by atoms with Crippen molar-refractivity contribution in [3.63, 3.8) is 0 Å². The van der Waals surface area contributed by atoms with Crippen LogP contribution in [0, 0.1) is 0 Å². The summed E-state index contributed by atoms with van der Waals surface area (Å²) in [5.74, 6) is 1.15. The quantitative estimate of drug-likeness (QED) is 0.225. The molecule has 1 aliphatic carbocycles. The van der Waals surface area contributed by atoms with E-state index in [0.29, 0.717) is 39.7 Å². The number of benzene rings is 3. The number of halogens is 2. The van der Waals surface area contributed by atoms with Crippen LogP contribution in [0.1, 0.15) is 66.1 Å². The maximum Gasteiger partial charge on any atom is 0.337 e. The van der Waals surface area contributed by atoms with Gasteiger partial charge in [0.05, 0.1) is 22.7 Å². The normalized spacial score (nSPS) is 22.5. The number of piperidine rings is 1. The molecule has 206 valence electrons. The van der Waals surface area contributed by atoms with Crippen LogP contribution in [-0.2, 0) is 11.3 Å². The highest BCUT2D eigenvalue weighted by Gasteiger charge is 2.43. The second kappa shape index (κ2) is 10.4. The summed E-state index contributed by atoms with van der Waals surface area (Å²) in [6.07, 6.45) is 6.86. The summed E-state index contributed by atoms with van der Waals surface area (Å²) in [5, 5.41) is 11.7. The van der Waals surface area contributed by atoms with Gasteiger partial charge in [-0.1, -0.05) is 46.6 Å². The molecule has 0 spiro atoms. The number of nitrogens with zero attached hydrogens (tertiary/aromatic N) is 2. The number of methoxy groups -OCH3 is 1. The summed E-state index contributed by atoms with van der Waals surface area (Å²) in [5.41, 5.74) is 4.40. The second-order valence-corrected chi connectivity index (χ2v) is 12.2. The van der Waals surface area contributed by atoms with Gasteiger partial charge in [0.2, 0.25) is 0 Å². The maximum atomic E-state index is 11.9. The van der Waals surface area contributed by atoms with Crippen LogP contribution in [0.3, 0.4) is 0 Å². The van der Waals surface area contributed by atoms with E-state index in [2.05, 4.69) is 33.6 Å². The molecule has 1 saturated carbocycles. The Morgan fingerprint density at radius 3 is 2.40 bits per heavy atom. The van der Waals surface area contributed by atoms with Crippen molar-refractivity contribution in [3.05, 3.63) is 81.5 Å². The number of nitrogens with one attached hydrogen (secondary N) is 1. The average Bonchev–Trinajstić information content (AvgIpc) is 3.68. The number of rotatable bonds is 7. The van der Waals surface area contributed by atoms with Gasteiger partial charge < -0.3 is 14.6 Å². The predicted molar refractivity (Wildman–Crippen MR) is 158 cm³/mol. The highest BCUT2D eigenvalue weighted by molar-refractivity contribution is 6.39. The van der Waals surface area contributed by atoms with Crippen molar-refractivity contribution < 1.29 is 14.1 Å². The van der Waals surface area contributed by atoms with Crippen LogP contribution >= 0.6 is 23.2 Å². The van der Waals surface area contributed by atoms with E-state index in [4.69, 9.17) is 32.5 Å². The molecule has 2 atom stereocenters. The fraction of sp³-hybridized carbons (Fsp3) is 0.375. The first-order chi connectivity index (χ1) is 19.5. The summed E-state index contributed by atoms with van der Waals surface area (Å²) in [6.45, 7) is 0.812. The zero-order chi connectivity index (χ0) is 27.4. The number of esters is 1. The summed E-state index contributed by atoms with van der Waals surface area (Å²) >= 11 is 13.2. The number of carbonyl (C=O) groups is 1. The Morgan fingerprint density at radius 1 is 1.00 bits per heavy atom. The Labute approximate surface area is 243 Å². The Bertz CT molecular complexity index is 1560. The number of fused-ring (bicyclic) bond motifs is 3. The van der Waals surface area contributed by atoms with E-state index in [9.17, 15) is 4.79 Å². The Morgan fingerprint density at radius 2 is 1.70 bits per heavy atom. The molecule has 2 aliphatic heterocycles. The van der Waals surface area contributed by atoms with E-state index in [-0.39, 0.29) is 5.97 Å². The van der Waals surface area contributed by atoms with Gasteiger partial charge in [-0.2, -0.15) is 0 Å². The van der Waals surface area contributed by atoms with Crippen molar-refractivity contribution in [1.82, 2.24) is 10.1 Å². The molecule has 1 N–H and O–H groups in total. The lowest BCUT2D eigenvalue weighted by atomic mass is 9.95. The van der Waals surface area contributed by atoms with Gasteiger partial charge in [0, 0.05) is 47.4 Å². The molecule has 2 bridgehead atoms. The number of hydrogen-bond acceptors (Lipinski definition) is 6. The summed E-state index contributed by atoms with van der Waals surface area (Å²) < 4.78 is 10.8. The van der Waals surface area contributed by atoms with Crippen molar-refractivity contribution in [2.45, 2.75) is 69.1 Å². The smallest absolute Gasteiger partial charge is 0.337 e. The van der Waals surface area contributed by atoms with E-state index < -0.39 is 0 Å². The summed E-state index contributed by atoms with van der Waals surface area (Å²) in [6, 6.07) is 19.0. The highest BCUT2D eigenvalue weighted by Crippen LogP contribution is 2.48. The molecule has 2 saturated heterocycles. The molecule has 0 radical (unpaired) electrons. The van der Waals surface area contributed by atoms with Crippen LogP contribution in [0.2, 0.25) is 10.0 Å². The lowest BCUT2D eigenvalue weighted by Gasteiger charge is -2.39. The maximum absolute atomic E-state index is 11.9. The lowest BCUT2D eigenvalue weighted by Crippen LogP contribution is -2.46. The number of aromatic nitrogens is 1. The summed E-state index contributed by atoms with van der Waals surface area (Å²) in [4.78, 5) is 14.6. The third kappa shape index (κ3) is 4.76. The molecule has 3 heterocycles. The van der Waals surface area contributed by atoms with Crippen molar-refractivity contribution in [2.24, 2.45) is 0 Å². The highest BCUT2D eigenvalue weighted by atomic mass is 35.5. The Balaban J connectivity index is 1.09. The van der Waals surface area contributed by atoms with E-state index >= 15 is 0 Å². The molecule has 2 unspecified atom stereocenters. The number of anilines is 1. The van der Waals surface area contributed by atoms with Gasteiger partial charge >= 0.3 is 5.97 Å². The zero-order valence-corrected chi connectivity index (χ0v) is 23.8. The monoisotopic (exact) mass is 575 g/mol. The average molecular weight is 577 g/mol. The van der Waals surface area contributed by atoms with Crippen molar-refractivity contribution in [3.8, 4) is 11.3 Å². The molecular weight excluding hydrogens is 545 g/mol. The van der Waals surface area contributed by atoms with Gasteiger partial charge in [-0.3, -0.25) is 4.90 Å². The SMILES string of the molecule is COC(=O)c1ccc2cc(NC3CC4CCC(C3)N4Cc3c(-c4c(Cl)cccc4Cl)noc3C3CC3)ccc2c1. The zero-order valence-electron chi connectivity index (χ0n) is 22.3. The van der Waals surface area contributed by atoms with Gasteiger partial charge in [0.15, 0.2) is 0 Å². The van der Waals surface area contributed by atoms with Crippen LogP contribution in [0.5, 0.6) is 0 Å². The largest absolute Gasteiger partial charge is 0.465 e. The van der Waals surface area contributed by atoms with Gasteiger partial charge in [0.25, 0.3) is 0 Å². The van der Waals surface area contributed by atoms with Gasteiger partial charge in [-0.25, -0.2) is 4.79 Å². The van der Waals surface area contributed by atoms with Gasteiger partial charge in [-0.05, 0) is 85.7 Å². The van der Waals surface area contributed by atoms with E-state index in [1.807, 2.05) is 36.4 Å². The molecule has 8 heteroatoms. The topological polar surface area (TPSA) is 67.6 Å². The van der Waals surface area contributed by atoms with Crippen molar-refractivity contribution in [1.29, 1.82) is 0 Å². The van der Waals surface area contributed by atoms with Crippen LogP contribution in [-0.4, -0.2) is 41.3 Å². The first-order valence-electron chi connectivity index (χ1n) is 14.1. The molecule has 7 rings (SSSR count). The predicted octanol–water partition coefficient (Wildman–Crippen LogP) is 8.07. The molecule has 4 aromatic rings. The number of carbonyl (C=O) groups excluding carboxylic acids is 1. The number of hydrogen-bond donors (Lipinski definition) is 1. The van der Waals surface area contributed by atoms with Gasteiger partial charge in [-0.15, -0.1) is 0 Å². The summed E-state index contributed by atoms with van der Waals surface area (Å²) in [7, 11) is 1.41. The van der Waals surface area contributed by atoms with E-state index in [1.54, 1.807) is 0 Å². The van der Waals surface area contributed by atoms with Crippen LogP contribution in [0.25, 0.3) is 22.0 Å². The third-order valence-corrected chi connectivity index (χ3v) is 9.45. The molecule has 3 fully saturated rings. The minimum Gasteiger partial charge on any atom is -0.465 e. The van der Waals surface area contributed by atoms with Crippen molar-refractivity contribution >= 4 is 45.6 Å². The first kappa shape index (κ1) is 25.9. The van der Waals surface area contributed by atoms with E-state index in [0.717, 1.165) is 71.3 Å². The van der Waals surface area contributed by atoms with Crippen LogP contribution < -0.4 is 5.32 Å². The fourth-order valence-electron chi connectivity index (χ4n) is 6.71. The molecular formula is C32H31Cl2N3O3. The van der Waals surface area contributed by atoms with Crippen LogP contribution in [0.4, 0.5) is 5.69 Å². The standard InChI is InChI=1S/C32H31Cl2N3O3/c1-39-32(38)21-8-7-20-14-22(10-9-19(20)13-21)35-23-15-24-11-12-25(16-23)37(24)17-26-30(36-40-31(26)18-5-6-18)29-27(33)3-2-4-28(29)34/h2-4,7-10,13-14,18,23-25,35H,5-6,11-12,15-17H2,1H3. The molecule has 40 heavy (non-hydrogen) atoms.